The summed E-state index contributed by atoms with van der Waals surface area (Å²) in [6.07, 6.45) is 0. The first-order chi connectivity index (χ1) is 8.16. The number of aryl methyl sites for hydroxylation is 1. The summed E-state index contributed by atoms with van der Waals surface area (Å²) < 4.78 is 11.7. The Labute approximate surface area is 96.9 Å². The van der Waals surface area contributed by atoms with Crippen LogP contribution >= 0.6 is 0 Å². The molecule has 6 heteroatoms. The van der Waals surface area contributed by atoms with Crippen molar-refractivity contribution in [2.45, 2.75) is 5.54 Å². The Balaban J connectivity index is 2.19. The minimum Gasteiger partial charge on any atom is -0.408 e. The first-order valence-corrected chi connectivity index (χ1v) is 5.32. The van der Waals surface area contributed by atoms with Crippen molar-refractivity contribution in [1.29, 1.82) is 0 Å². The van der Waals surface area contributed by atoms with Gasteiger partial charge in [-0.2, -0.15) is 0 Å². The van der Waals surface area contributed by atoms with Crippen LogP contribution in [0, 0.1) is 0 Å². The molecule has 1 fully saturated rings. The van der Waals surface area contributed by atoms with Gasteiger partial charge in [-0.15, -0.1) is 0 Å². The molecule has 1 aromatic heterocycles. The summed E-state index contributed by atoms with van der Waals surface area (Å²) in [5.74, 6) is 5.20. The van der Waals surface area contributed by atoms with E-state index in [-0.39, 0.29) is 11.3 Å². The SMILES string of the molecule is Cn1c(=O)oc2ccc(C3(NN)COC3)cc21. The van der Waals surface area contributed by atoms with Crippen molar-refractivity contribution in [3.8, 4) is 0 Å². The van der Waals surface area contributed by atoms with E-state index in [4.69, 9.17) is 15.0 Å². The van der Waals surface area contributed by atoms with Gasteiger partial charge < -0.3 is 9.15 Å². The van der Waals surface area contributed by atoms with Gasteiger partial charge in [0.05, 0.1) is 18.7 Å². The lowest BCUT2D eigenvalue weighted by Gasteiger charge is -2.41. The molecule has 0 radical (unpaired) electrons. The van der Waals surface area contributed by atoms with Crippen LogP contribution in [0.3, 0.4) is 0 Å². The molecule has 2 heterocycles. The van der Waals surface area contributed by atoms with Crippen molar-refractivity contribution >= 4 is 11.1 Å². The standard InChI is InChI=1S/C11H13N3O3/c1-14-8-4-7(11(13-12)5-16-6-11)2-3-9(8)17-10(14)15/h2-4,13H,5-6,12H2,1H3. The molecule has 1 aromatic carbocycles. The molecule has 0 spiro atoms. The molecule has 1 aliphatic rings. The van der Waals surface area contributed by atoms with Crippen LogP contribution in [0.5, 0.6) is 0 Å². The van der Waals surface area contributed by atoms with E-state index >= 15 is 0 Å². The number of hydrogen-bond donors (Lipinski definition) is 2. The summed E-state index contributed by atoms with van der Waals surface area (Å²) in [5, 5.41) is 0. The van der Waals surface area contributed by atoms with E-state index in [1.54, 1.807) is 13.1 Å². The lowest BCUT2D eigenvalue weighted by Crippen LogP contribution is -2.60. The normalized spacial score (nSPS) is 18.2. The highest BCUT2D eigenvalue weighted by Crippen LogP contribution is 2.30. The van der Waals surface area contributed by atoms with Gasteiger partial charge in [-0.1, -0.05) is 6.07 Å². The smallest absolute Gasteiger partial charge is 0.408 e. The Morgan fingerprint density at radius 1 is 1.47 bits per heavy atom. The second-order valence-electron chi connectivity index (χ2n) is 4.33. The van der Waals surface area contributed by atoms with E-state index in [0.717, 1.165) is 11.1 Å². The van der Waals surface area contributed by atoms with Crippen molar-refractivity contribution in [2.75, 3.05) is 13.2 Å². The number of benzene rings is 1. The van der Waals surface area contributed by atoms with Crippen LogP contribution < -0.4 is 17.0 Å². The molecule has 3 rings (SSSR count). The Bertz CT molecular complexity index is 619. The average Bonchev–Trinajstić information content (AvgIpc) is 2.55. The maximum Gasteiger partial charge on any atom is 0.419 e. The lowest BCUT2D eigenvalue weighted by atomic mass is 9.88. The molecule has 0 saturated carbocycles. The van der Waals surface area contributed by atoms with Gasteiger partial charge in [0.15, 0.2) is 5.58 Å². The first kappa shape index (κ1) is 10.5. The van der Waals surface area contributed by atoms with Gasteiger partial charge in [-0.3, -0.25) is 10.4 Å². The summed E-state index contributed by atoms with van der Waals surface area (Å²) in [5.41, 5.74) is 4.76. The molecular formula is C11H13N3O3. The zero-order valence-electron chi connectivity index (χ0n) is 9.40. The number of oxazole rings is 1. The molecule has 1 aliphatic heterocycles. The second-order valence-corrected chi connectivity index (χ2v) is 4.33. The molecule has 0 unspecified atom stereocenters. The second kappa shape index (κ2) is 3.43. The predicted molar refractivity (Wildman–Crippen MR) is 61.3 cm³/mol. The highest BCUT2D eigenvalue weighted by Gasteiger charge is 2.39. The van der Waals surface area contributed by atoms with Crippen molar-refractivity contribution in [1.82, 2.24) is 9.99 Å². The third kappa shape index (κ3) is 1.35. The summed E-state index contributed by atoms with van der Waals surface area (Å²) in [6, 6.07) is 5.58. The highest BCUT2D eigenvalue weighted by molar-refractivity contribution is 5.74. The van der Waals surface area contributed by atoms with Gasteiger partial charge in [-0.25, -0.2) is 10.2 Å². The molecule has 0 atom stereocenters. The van der Waals surface area contributed by atoms with Crippen LogP contribution in [-0.4, -0.2) is 17.8 Å². The van der Waals surface area contributed by atoms with Gasteiger partial charge in [0.25, 0.3) is 0 Å². The van der Waals surface area contributed by atoms with Crippen molar-refractivity contribution in [3.63, 3.8) is 0 Å². The minimum absolute atomic E-state index is 0.346. The number of fused-ring (bicyclic) bond motifs is 1. The van der Waals surface area contributed by atoms with E-state index in [1.807, 2.05) is 12.1 Å². The predicted octanol–water partition coefficient (Wildman–Crippen LogP) is -0.180. The molecule has 17 heavy (non-hydrogen) atoms. The molecule has 3 N–H and O–H groups in total. The Morgan fingerprint density at radius 3 is 2.82 bits per heavy atom. The maximum atomic E-state index is 11.4. The van der Waals surface area contributed by atoms with E-state index in [1.165, 1.54) is 4.57 Å². The van der Waals surface area contributed by atoms with Crippen LogP contribution in [-0.2, 0) is 17.3 Å². The number of rotatable bonds is 2. The highest BCUT2D eigenvalue weighted by atomic mass is 16.5. The molecule has 0 amide bonds. The molecule has 0 bridgehead atoms. The molecule has 2 aromatic rings. The zero-order valence-corrected chi connectivity index (χ0v) is 9.40. The fourth-order valence-corrected chi connectivity index (χ4v) is 2.06. The fourth-order valence-electron chi connectivity index (χ4n) is 2.06. The average molecular weight is 235 g/mol. The monoisotopic (exact) mass is 235 g/mol. The van der Waals surface area contributed by atoms with Crippen LogP contribution in [0.1, 0.15) is 5.56 Å². The Hall–Kier alpha value is -1.63. The van der Waals surface area contributed by atoms with Gasteiger partial charge in [0.1, 0.15) is 5.54 Å². The molecular weight excluding hydrogens is 222 g/mol. The summed E-state index contributed by atoms with van der Waals surface area (Å²) >= 11 is 0. The largest absolute Gasteiger partial charge is 0.419 e. The lowest BCUT2D eigenvalue weighted by molar-refractivity contribution is -0.0786. The number of hydrogen-bond acceptors (Lipinski definition) is 5. The van der Waals surface area contributed by atoms with Crippen LogP contribution in [0.15, 0.2) is 27.4 Å². The third-order valence-electron chi connectivity index (χ3n) is 3.32. The topological polar surface area (TPSA) is 82.4 Å². The molecule has 1 saturated heterocycles. The number of hydrazine groups is 1. The van der Waals surface area contributed by atoms with E-state index < -0.39 is 0 Å². The first-order valence-electron chi connectivity index (χ1n) is 5.32. The van der Waals surface area contributed by atoms with Crippen molar-refractivity contribution in [3.05, 3.63) is 34.3 Å². The van der Waals surface area contributed by atoms with E-state index in [0.29, 0.717) is 18.8 Å². The molecule has 0 aliphatic carbocycles. The number of ether oxygens (including phenoxy) is 1. The summed E-state index contributed by atoms with van der Waals surface area (Å²) in [6.45, 7) is 1.06. The summed E-state index contributed by atoms with van der Waals surface area (Å²) in [7, 11) is 1.68. The number of nitrogens with one attached hydrogen (secondary N) is 1. The van der Waals surface area contributed by atoms with Crippen molar-refractivity contribution < 1.29 is 9.15 Å². The number of aromatic nitrogens is 1. The fraction of sp³-hybridized carbons (Fsp3) is 0.364. The molecule has 90 valence electrons. The van der Waals surface area contributed by atoms with Gasteiger partial charge >= 0.3 is 5.76 Å². The van der Waals surface area contributed by atoms with Crippen LogP contribution in [0.4, 0.5) is 0 Å². The number of nitrogens with two attached hydrogens (primary N) is 1. The van der Waals surface area contributed by atoms with Gasteiger partial charge in [0, 0.05) is 7.05 Å². The minimum atomic E-state index is -0.364. The van der Waals surface area contributed by atoms with E-state index in [9.17, 15) is 4.79 Å². The van der Waals surface area contributed by atoms with Crippen molar-refractivity contribution in [2.24, 2.45) is 12.9 Å². The van der Waals surface area contributed by atoms with Crippen LogP contribution in [0.25, 0.3) is 11.1 Å². The van der Waals surface area contributed by atoms with E-state index in [2.05, 4.69) is 5.43 Å². The summed E-state index contributed by atoms with van der Waals surface area (Å²) in [4.78, 5) is 11.4. The quantitative estimate of drug-likeness (QED) is 0.557. The number of nitrogens with zero attached hydrogens (tertiary/aromatic N) is 1. The third-order valence-corrected chi connectivity index (χ3v) is 3.32. The Morgan fingerprint density at radius 2 is 2.24 bits per heavy atom. The van der Waals surface area contributed by atoms with Gasteiger partial charge in [0.2, 0.25) is 0 Å². The van der Waals surface area contributed by atoms with Crippen LogP contribution in [0.2, 0.25) is 0 Å². The van der Waals surface area contributed by atoms with Gasteiger partial charge in [-0.05, 0) is 17.7 Å². The Kier molecular flexibility index (Phi) is 2.12. The maximum absolute atomic E-state index is 11.4. The molecule has 6 nitrogen and oxygen atoms in total. The zero-order chi connectivity index (χ0) is 12.0.